The predicted molar refractivity (Wildman–Crippen MR) is 60.2 cm³/mol. The molecule has 1 amide bonds. The van der Waals surface area contributed by atoms with Gasteiger partial charge in [-0.15, -0.1) is 0 Å². The van der Waals surface area contributed by atoms with E-state index < -0.39 is 5.54 Å². The molecule has 0 aromatic rings. The minimum Gasteiger partial charge on any atom is -0.347 e. The highest BCUT2D eigenvalue weighted by atomic mass is 16.2. The number of carbonyl (C=O) groups excluding carboxylic acids is 1. The third-order valence-electron chi connectivity index (χ3n) is 2.53. The molecule has 0 rings (SSSR count). The molecule has 0 aliphatic carbocycles. The summed E-state index contributed by atoms with van der Waals surface area (Å²) in [6.45, 7) is 10.2. The van der Waals surface area contributed by atoms with E-state index in [1.54, 1.807) is 19.0 Å². The first kappa shape index (κ1) is 13.4. The second kappa shape index (κ2) is 4.78. The number of hydrogen-bond acceptors (Lipinski definition) is 2. The van der Waals surface area contributed by atoms with Gasteiger partial charge in [0.25, 0.3) is 0 Å². The lowest BCUT2D eigenvalue weighted by molar-refractivity contribution is -0.134. The summed E-state index contributed by atoms with van der Waals surface area (Å²) in [5.74, 6) is 0.647. The summed E-state index contributed by atoms with van der Waals surface area (Å²) in [6.07, 6.45) is 0. The highest BCUT2D eigenvalue weighted by Crippen LogP contribution is 2.10. The van der Waals surface area contributed by atoms with Gasteiger partial charge in [-0.25, -0.2) is 0 Å². The van der Waals surface area contributed by atoms with Crippen molar-refractivity contribution in [3.63, 3.8) is 0 Å². The molecular weight excluding hydrogens is 176 g/mol. The van der Waals surface area contributed by atoms with Crippen LogP contribution in [0.5, 0.6) is 0 Å². The summed E-state index contributed by atoms with van der Waals surface area (Å²) in [4.78, 5) is 13.4. The highest BCUT2D eigenvalue weighted by molar-refractivity contribution is 5.85. The minimum absolute atomic E-state index is 0.116. The van der Waals surface area contributed by atoms with Crippen LogP contribution in [0.25, 0.3) is 0 Å². The van der Waals surface area contributed by atoms with Gasteiger partial charge >= 0.3 is 0 Å². The Bertz CT molecular complexity index is 197. The van der Waals surface area contributed by atoms with E-state index in [0.29, 0.717) is 12.0 Å². The van der Waals surface area contributed by atoms with E-state index in [9.17, 15) is 4.79 Å². The molecule has 0 radical (unpaired) electrons. The molecule has 0 saturated carbocycles. The van der Waals surface area contributed by atoms with E-state index in [2.05, 4.69) is 26.1 Å². The van der Waals surface area contributed by atoms with Crippen LogP contribution >= 0.6 is 0 Å². The average Bonchev–Trinajstić information content (AvgIpc) is 2.01. The summed E-state index contributed by atoms with van der Waals surface area (Å²) in [5.41, 5.74) is -0.479. The first-order chi connectivity index (χ1) is 6.18. The van der Waals surface area contributed by atoms with Gasteiger partial charge in [-0.05, 0) is 26.7 Å². The Labute approximate surface area is 87.9 Å². The van der Waals surface area contributed by atoms with Crippen molar-refractivity contribution in [2.24, 2.45) is 5.92 Å². The molecule has 0 aliphatic rings. The van der Waals surface area contributed by atoms with Crippen LogP contribution in [0.3, 0.4) is 0 Å². The van der Waals surface area contributed by atoms with Crippen LogP contribution in [-0.2, 0) is 4.79 Å². The Morgan fingerprint density at radius 2 is 1.64 bits per heavy atom. The molecule has 0 aliphatic heterocycles. The van der Waals surface area contributed by atoms with Gasteiger partial charge in [0.05, 0.1) is 5.54 Å². The van der Waals surface area contributed by atoms with Gasteiger partial charge in [0.15, 0.2) is 0 Å². The fourth-order valence-corrected chi connectivity index (χ4v) is 1.36. The molecule has 0 aromatic heterocycles. The molecule has 0 aromatic carbocycles. The topological polar surface area (TPSA) is 32.3 Å². The molecule has 3 nitrogen and oxygen atoms in total. The van der Waals surface area contributed by atoms with Crippen LogP contribution in [0.15, 0.2) is 0 Å². The van der Waals surface area contributed by atoms with Crippen molar-refractivity contribution in [1.29, 1.82) is 0 Å². The minimum atomic E-state index is -0.479. The zero-order chi connectivity index (χ0) is 11.5. The van der Waals surface area contributed by atoms with Crippen molar-refractivity contribution in [2.45, 2.75) is 46.2 Å². The quantitative estimate of drug-likeness (QED) is 0.745. The van der Waals surface area contributed by atoms with Crippen LogP contribution in [0.2, 0.25) is 0 Å². The molecule has 0 heterocycles. The van der Waals surface area contributed by atoms with Crippen LogP contribution in [0.4, 0.5) is 0 Å². The Hall–Kier alpha value is -0.570. The van der Waals surface area contributed by atoms with Gasteiger partial charge in [0, 0.05) is 20.1 Å². The van der Waals surface area contributed by atoms with Gasteiger partial charge < -0.3 is 10.2 Å². The number of nitrogens with one attached hydrogen (secondary N) is 1. The lowest BCUT2D eigenvalue weighted by Gasteiger charge is -2.32. The second-order valence-electron chi connectivity index (χ2n) is 5.00. The maximum Gasteiger partial charge on any atom is 0.241 e. The predicted octanol–water partition coefficient (Wildman–Crippen LogP) is 1.49. The third kappa shape index (κ3) is 3.66. The Morgan fingerprint density at radius 1 is 1.21 bits per heavy atom. The summed E-state index contributed by atoms with van der Waals surface area (Å²) in [5, 5.41) is 3.35. The van der Waals surface area contributed by atoms with E-state index in [-0.39, 0.29) is 5.91 Å². The molecule has 0 fully saturated rings. The first-order valence-electron chi connectivity index (χ1n) is 5.18. The Kier molecular flexibility index (Phi) is 4.59. The van der Waals surface area contributed by atoms with E-state index in [1.165, 1.54) is 0 Å². The maximum atomic E-state index is 11.8. The smallest absolute Gasteiger partial charge is 0.241 e. The molecule has 0 spiro atoms. The van der Waals surface area contributed by atoms with E-state index >= 15 is 0 Å². The summed E-state index contributed by atoms with van der Waals surface area (Å²) in [7, 11) is 3.57. The number of amides is 1. The van der Waals surface area contributed by atoms with E-state index in [1.807, 2.05) is 13.8 Å². The number of likely N-dealkylation sites (N-methyl/N-ethyl adjacent to an activating group) is 1. The molecule has 14 heavy (non-hydrogen) atoms. The van der Waals surface area contributed by atoms with E-state index in [0.717, 1.165) is 0 Å². The van der Waals surface area contributed by atoms with Crippen molar-refractivity contribution < 1.29 is 4.79 Å². The number of carbonyl (C=O) groups is 1. The fourth-order valence-electron chi connectivity index (χ4n) is 1.36. The molecule has 84 valence electrons. The Morgan fingerprint density at radius 3 is 1.93 bits per heavy atom. The average molecular weight is 200 g/mol. The Balaban J connectivity index is 4.41. The molecular formula is C11H24N2O. The zero-order valence-corrected chi connectivity index (χ0v) is 10.5. The largest absolute Gasteiger partial charge is 0.347 e. The van der Waals surface area contributed by atoms with Crippen LogP contribution in [0, 0.1) is 5.92 Å². The van der Waals surface area contributed by atoms with Crippen LogP contribution < -0.4 is 5.32 Å². The van der Waals surface area contributed by atoms with Crippen molar-refractivity contribution in [2.75, 3.05) is 14.1 Å². The van der Waals surface area contributed by atoms with Gasteiger partial charge in [0.1, 0.15) is 0 Å². The van der Waals surface area contributed by atoms with Crippen LogP contribution in [0.1, 0.15) is 34.6 Å². The van der Waals surface area contributed by atoms with Crippen molar-refractivity contribution >= 4 is 5.91 Å². The monoisotopic (exact) mass is 200 g/mol. The number of hydrogen-bond donors (Lipinski definition) is 1. The van der Waals surface area contributed by atoms with Crippen molar-refractivity contribution in [3.05, 3.63) is 0 Å². The third-order valence-corrected chi connectivity index (χ3v) is 2.53. The van der Waals surface area contributed by atoms with Gasteiger partial charge in [-0.1, -0.05) is 13.8 Å². The van der Waals surface area contributed by atoms with Crippen molar-refractivity contribution in [3.8, 4) is 0 Å². The molecule has 0 bridgehead atoms. The standard InChI is InChI=1S/C11H24N2O/c1-8(2)9(3)12-11(4,5)10(14)13(6)7/h8-9,12H,1-7H3. The van der Waals surface area contributed by atoms with Gasteiger partial charge in [-0.2, -0.15) is 0 Å². The second-order valence-corrected chi connectivity index (χ2v) is 5.00. The number of rotatable bonds is 4. The lowest BCUT2D eigenvalue weighted by atomic mass is 9.98. The van der Waals surface area contributed by atoms with Gasteiger partial charge in [0.2, 0.25) is 5.91 Å². The van der Waals surface area contributed by atoms with Crippen molar-refractivity contribution in [1.82, 2.24) is 10.2 Å². The van der Waals surface area contributed by atoms with Gasteiger partial charge in [-0.3, -0.25) is 4.79 Å². The molecule has 3 heteroatoms. The summed E-state index contributed by atoms with van der Waals surface area (Å²) >= 11 is 0. The SMILES string of the molecule is CC(C)C(C)NC(C)(C)C(=O)N(C)C. The molecule has 1 atom stereocenters. The maximum absolute atomic E-state index is 11.8. The molecule has 1 unspecified atom stereocenters. The molecule has 1 N–H and O–H groups in total. The highest BCUT2D eigenvalue weighted by Gasteiger charge is 2.30. The van der Waals surface area contributed by atoms with Crippen LogP contribution in [-0.4, -0.2) is 36.5 Å². The lowest BCUT2D eigenvalue weighted by Crippen LogP contribution is -2.56. The molecule has 0 saturated heterocycles. The summed E-state index contributed by atoms with van der Waals surface area (Å²) in [6, 6.07) is 0.342. The fraction of sp³-hybridized carbons (Fsp3) is 0.909. The first-order valence-corrected chi connectivity index (χ1v) is 5.18. The normalized spacial score (nSPS) is 14.3. The number of nitrogens with zero attached hydrogens (tertiary/aromatic N) is 1. The zero-order valence-electron chi connectivity index (χ0n) is 10.5. The summed E-state index contributed by atoms with van der Waals surface area (Å²) < 4.78 is 0. The van der Waals surface area contributed by atoms with E-state index in [4.69, 9.17) is 0 Å².